The highest BCUT2D eigenvalue weighted by Crippen LogP contribution is 2.32. The zero-order chi connectivity index (χ0) is 19.6. The Morgan fingerprint density at radius 2 is 1.81 bits per heavy atom. The van der Waals surface area contributed by atoms with E-state index in [1.165, 1.54) is 0 Å². The van der Waals surface area contributed by atoms with Gasteiger partial charge < -0.3 is 19.1 Å². The maximum Gasteiger partial charge on any atom is 0.247 e. The Hall–Kier alpha value is -2.44. The lowest BCUT2D eigenvalue weighted by atomic mass is 10.1. The Labute approximate surface area is 159 Å². The van der Waals surface area contributed by atoms with E-state index < -0.39 is 5.60 Å². The van der Waals surface area contributed by atoms with E-state index in [0.29, 0.717) is 36.9 Å². The van der Waals surface area contributed by atoms with Crippen molar-refractivity contribution in [2.24, 2.45) is 0 Å². The molecule has 0 radical (unpaired) electrons. The van der Waals surface area contributed by atoms with Gasteiger partial charge >= 0.3 is 0 Å². The summed E-state index contributed by atoms with van der Waals surface area (Å²) in [5.74, 6) is 1.92. The number of hydrogen-bond acceptors (Lipinski definition) is 5. The number of benzene rings is 1. The lowest BCUT2D eigenvalue weighted by Crippen LogP contribution is -2.27. The molecule has 1 aromatic carbocycles. The summed E-state index contributed by atoms with van der Waals surface area (Å²) in [5.41, 5.74) is 2.60. The maximum atomic E-state index is 10.4. The summed E-state index contributed by atoms with van der Waals surface area (Å²) in [6, 6.07) is 9.55. The number of nitrogens with zero attached hydrogens (tertiary/aromatic N) is 3. The molecule has 6 heteroatoms. The number of aliphatic hydroxyl groups is 1. The minimum absolute atomic E-state index is 0.366. The molecule has 27 heavy (non-hydrogen) atoms. The number of aryl methyl sites for hydroxylation is 2. The summed E-state index contributed by atoms with van der Waals surface area (Å²) in [7, 11) is 0. The van der Waals surface area contributed by atoms with Crippen molar-refractivity contribution in [1.29, 1.82) is 0 Å². The molecule has 3 rings (SSSR count). The first-order valence-corrected chi connectivity index (χ1v) is 9.19. The predicted molar refractivity (Wildman–Crippen MR) is 105 cm³/mol. The van der Waals surface area contributed by atoms with Crippen molar-refractivity contribution in [1.82, 2.24) is 14.5 Å². The van der Waals surface area contributed by atoms with Gasteiger partial charge in [-0.1, -0.05) is 18.2 Å². The van der Waals surface area contributed by atoms with E-state index in [1.807, 2.05) is 55.7 Å². The zero-order valence-corrected chi connectivity index (χ0v) is 16.6. The summed E-state index contributed by atoms with van der Waals surface area (Å²) in [4.78, 5) is 9.40. The third-order valence-electron chi connectivity index (χ3n) is 4.35. The first kappa shape index (κ1) is 19.3. The van der Waals surface area contributed by atoms with Crippen LogP contribution in [0.5, 0.6) is 11.6 Å². The van der Waals surface area contributed by atoms with Crippen LogP contribution in [0.1, 0.15) is 37.9 Å². The molecule has 1 N–H and O–H groups in total. The minimum atomic E-state index is -0.890. The van der Waals surface area contributed by atoms with Gasteiger partial charge in [-0.05, 0) is 52.3 Å². The Balaban J connectivity index is 2.19. The molecule has 0 bridgehead atoms. The fraction of sp³-hybridized carbons (Fsp3) is 0.429. The first-order valence-electron chi connectivity index (χ1n) is 9.19. The van der Waals surface area contributed by atoms with E-state index in [-0.39, 0.29) is 0 Å². The second-order valence-corrected chi connectivity index (χ2v) is 7.30. The molecule has 0 atom stereocenters. The number of rotatable bonds is 7. The average Bonchev–Trinajstić information content (AvgIpc) is 2.95. The summed E-state index contributed by atoms with van der Waals surface area (Å²) < 4.78 is 13.7. The van der Waals surface area contributed by atoms with E-state index >= 15 is 0 Å². The molecule has 0 aliphatic heterocycles. The van der Waals surface area contributed by atoms with Gasteiger partial charge in [0.1, 0.15) is 18.2 Å². The van der Waals surface area contributed by atoms with E-state index in [0.717, 1.165) is 22.6 Å². The molecule has 6 nitrogen and oxygen atoms in total. The van der Waals surface area contributed by atoms with Gasteiger partial charge in [0, 0.05) is 12.3 Å². The SMILES string of the molecule is CCOCc1nc2c(Oc3ccccc3)nc(C)c(C)c2n1CC(C)(C)O. The van der Waals surface area contributed by atoms with Crippen LogP contribution in [-0.4, -0.2) is 31.8 Å². The number of aromatic nitrogens is 3. The van der Waals surface area contributed by atoms with Gasteiger partial charge in [-0.15, -0.1) is 0 Å². The largest absolute Gasteiger partial charge is 0.437 e. The average molecular weight is 369 g/mol. The van der Waals surface area contributed by atoms with Crippen molar-refractivity contribution in [2.75, 3.05) is 6.61 Å². The van der Waals surface area contributed by atoms with Crippen LogP contribution >= 0.6 is 0 Å². The molecule has 0 aliphatic carbocycles. The topological polar surface area (TPSA) is 69.4 Å². The molecule has 0 saturated carbocycles. The van der Waals surface area contributed by atoms with Crippen LogP contribution in [0.25, 0.3) is 11.0 Å². The van der Waals surface area contributed by atoms with Gasteiger partial charge in [0.25, 0.3) is 0 Å². The van der Waals surface area contributed by atoms with Crippen molar-refractivity contribution in [3.8, 4) is 11.6 Å². The number of pyridine rings is 1. The van der Waals surface area contributed by atoms with Crippen molar-refractivity contribution >= 4 is 11.0 Å². The molecule has 0 amide bonds. The molecule has 2 heterocycles. The Kier molecular flexibility index (Phi) is 5.48. The van der Waals surface area contributed by atoms with Crippen LogP contribution in [0, 0.1) is 13.8 Å². The molecule has 2 aromatic heterocycles. The quantitative estimate of drug-likeness (QED) is 0.677. The minimum Gasteiger partial charge on any atom is -0.437 e. The fourth-order valence-electron chi connectivity index (χ4n) is 3.02. The molecular formula is C21H27N3O3. The number of imidazole rings is 1. The third-order valence-corrected chi connectivity index (χ3v) is 4.35. The van der Waals surface area contributed by atoms with Crippen LogP contribution < -0.4 is 4.74 Å². The molecule has 0 fully saturated rings. The highest BCUT2D eigenvalue weighted by Gasteiger charge is 2.24. The molecule has 144 valence electrons. The van der Waals surface area contributed by atoms with Gasteiger partial charge in [0.2, 0.25) is 5.88 Å². The lowest BCUT2D eigenvalue weighted by Gasteiger charge is -2.21. The van der Waals surface area contributed by atoms with E-state index in [1.54, 1.807) is 13.8 Å². The van der Waals surface area contributed by atoms with Gasteiger partial charge in [-0.25, -0.2) is 9.97 Å². The van der Waals surface area contributed by atoms with Crippen molar-refractivity contribution in [2.45, 2.75) is 53.4 Å². The number of hydrogen-bond donors (Lipinski definition) is 1. The van der Waals surface area contributed by atoms with Crippen molar-refractivity contribution in [3.05, 3.63) is 47.4 Å². The monoisotopic (exact) mass is 369 g/mol. The standard InChI is InChI=1S/C21H27N3O3/c1-6-26-12-17-23-18-19(24(17)13-21(4,5)25)14(2)15(3)22-20(18)27-16-10-8-7-9-11-16/h7-11,25H,6,12-13H2,1-5H3. The zero-order valence-electron chi connectivity index (χ0n) is 16.6. The second-order valence-electron chi connectivity index (χ2n) is 7.30. The Morgan fingerprint density at radius 1 is 1.11 bits per heavy atom. The van der Waals surface area contributed by atoms with Gasteiger partial charge in [0.05, 0.1) is 17.7 Å². The van der Waals surface area contributed by atoms with Gasteiger partial charge in [0.15, 0.2) is 5.52 Å². The van der Waals surface area contributed by atoms with E-state index in [9.17, 15) is 5.11 Å². The summed E-state index contributed by atoms with van der Waals surface area (Å²) in [5, 5.41) is 10.4. The maximum absolute atomic E-state index is 10.4. The summed E-state index contributed by atoms with van der Waals surface area (Å²) in [6.07, 6.45) is 0. The number of para-hydroxylation sites is 1. The van der Waals surface area contributed by atoms with Crippen LogP contribution in [0.3, 0.4) is 0 Å². The Morgan fingerprint density at radius 3 is 2.44 bits per heavy atom. The highest BCUT2D eigenvalue weighted by atomic mass is 16.5. The summed E-state index contributed by atoms with van der Waals surface area (Å²) in [6.45, 7) is 10.9. The third kappa shape index (κ3) is 4.28. The van der Waals surface area contributed by atoms with Crippen molar-refractivity contribution < 1.29 is 14.6 Å². The van der Waals surface area contributed by atoms with Crippen LogP contribution in [0.4, 0.5) is 0 Å². The smallest absolute Gasteiger partial charge is 0.247 e. The first-order chi connectivity index (χ1) is 12.8. The van der Waals surface area contributed by atoms with Crippen LogP contribution in [0.15, 0.2) is 30.3 Å². The molecular weight excluding hydrogens is 342 g/mol. The molecule has 0 saturated heterocycles. The van der Waals surface area contributed by atoms with Gasteiger partial charge in [-0.2, -0.15) is 0 Å². The molecule has 0 unspecified atom stereocenters. The fourth-order valence-corrected chi connectivity index (χ4v) is 3.02. The predicted octanol–water partition coefficient (Wildman–Crippen LogP) is 4.15. The second kappa shape index (κ2) is 7.66. The number of ether oxygens (including phenoxy) is 2. The van der Waals surface area contributed by atoms with Gasteiger partial charge in [-0.3, -0.25) is 0 Å². The normalized spacial score (nSPS) is 11.9. The lowest BCUT2D eigenvalue weighted by molar-refractivity contribution is 0.0582. The van der Waals surface area contributed by atoms with Crippen molar-refractivity contribution in [3.63, 3.8) is 0 Å². The highest BCUT2D eigenvalue weighted by molar-refractivity contribution is 5.85. The van der Waals surface area contributed by atoms with E-state index in [4.69, 9.17) is 14.5 Å². The van der Waals surface area contributed by atoms with Crippen LogP contribution in [0.2, 0.25) is 0 Å². The molecule has 3 aromatic rings. The summed E-state index contributed by atoms with van der Waals surface area (Å²) >= 11 is 0. The molecule has 0 aliphatic rings. The van der Waals surface area contributed by atoms with Crippen LogP contribution in [-0.2, 0) is 17.9 Å². The Bertz CT molecular complexity index is 927. The number of fused-ring (bicyclic) bond motifs is 1. The molecule has 0 spiro atoms. The van der Waals surface area contributed by atoms with E-state index in [2.05, 4.69) is 4.98 Å².